The molecule has 3 N–H and O–H groups in total. The number of pyridine rings is 1. The van der Waals surface area contributed by atoms with Crippen LogP contribution in [-0.2, 0) is 18.9 Å². The molecule has 2 aromatic carbocycles. The highest BCUT2D eigenvalue weighted by atomic mass is 19.4. The zero-order valence-corrected chi connectivity index (χ0v) is 17.1. The van der Waals surface area contributed by atoms with E-state index in [0.717, 1.165) is 36.4 Å². The third kappa shape index (κ3) is 6.70. The van der Waals surface area contributed by atoms with Crippen molar-refractivity contribution < 1.29 is 36.2 Å². The minimum Gasteiger partial charge on any atom is -0.493 e. The van der Waals surface area contributed by atoms with Gasteiger partial charge in [0.15, 0.2) is 0 Å². The molecule has 34 heavy (non-hydrogen) atoms. The second-order valence-corrected chi connectivity index (χ2v) is 6.90. The van der Waals surface area contributed by atoms with Gasteiger partial charge in [0.05, 0.1) is 11.1 Å². The van der Waals surface area contributed by atoms with Crippen LogP contribution in [0.3, 0.4) is 0 Å². The first-order chi connectivity index (χ1) is 15.9. The van der Waals surface area contributed by atoms with Gasteiger partial charge in [-0.15, -0.1) is 0 Å². The van der Waals surface area contributed by atoms with Crippen molar-refractivity contribution in [3.63, 3.8) is 0 Å². The molecule has 1 aromatic heterocycles. The van der Waals surface area contributed by atoms with E-state index < -0.39 is 29.4 Å². The summed E-state index contributed by atoms with van der Waals surface area (Å²) in [4.78, 5) is 20.1. The normalized spacial score (nSPS) is 12.4. The number of hydrogen-bond acceptors (Lipinski definition) is 3. The van der Waals surface area contributed by atoms with E-state index in [0.29, 0.717) is 0 Å². The summed E-state index contributed by atoms with van der Waals surface area (Å²) in [7, 11) is 0. The molecule has 178 valence electrons. The maximum atomic E-state index is 13.0. The predicted molar refractivity (Wildman–Crippen MR) is 111 cm³/mol. The largest absolute Gasteiger partial charge is 0.493 e. The number of guanidine groups is 1. The molecule has 0 radical (unpaired) electrons. The fourth-order valence-corrected chi connectivity index (χ4v) is 2.74. The lowest BCUT2D eigenvalue weighted by molar-refractivity contribution is -0.138. The van der Waals surface area contributed by atoms with Crippen LogP contribution in [0.25, 0.3) is 0 Å². The molecule has 0 aliphatic carbocycles. The maximum Gasteiger partial charge on any atom is 0.416 e. The van der Waals surface area contributed by atoms with Crippen LogP contribution in [0, 0.1) is 0 Å². The number of nitrogens with one attached hydrogen (secondary N) is 2. The maximum absolute atomic E-state index is 13.0. The van der Waals surface area contributed by atoms with Gasteiger partial charge in [0.1, 0.15) is 5.82 Å². The lowest BCUT2D eigenvalue weighted by Gasteiger charge is -2.13. The van der Waals surface area contributed by atoms with Crippen LogP contribution in [0.5, 0.6) is 5.88 Å². The van der Waals surface area contributed by atoms with Gasteiger partial charge in [0.2, 0.25) is 11.8 Å². The topological polar surface area (TPSA) is 86.6 Å². The Hall–Kier alpha value is -4.09. The molecule has 0 bridgehead atoms. The molecule has 6 nitrogen and oxygen atoms in total. The van der Waals surface area contributed by atoms with Gasteiger partial charge in [-0.1, -0.05) is 18.2 Å². The molecular weight excluding hydrogens is 466 g/mol. The SMILES string of the molecule is O=C(/N=C(/NCc1cccc(C(F)(F)F)c1)Nc1cccc(O)n1)c1ccc(C(F)(F)F)cc1. The highest BCUT2D eigenvalue weighted by molar-refractivity contribution is 6.06. The number of rotatable bonds is 4. The van der Waals surface area contributed by atoms with Crippen molar-refractivity contribution in [2.24, 2.45) is 4.99 Å². The molecule has 0 aliphatic heterocycles. The van der Waals surface area contributed by atoms with Crippen LogP contribution in [0.4, 0.5) is 32.2 Å². The summed E-state index contributed by atoms with van der Waals surface area (Å²) in [6.07, 6.45) is -9.12. The average molecular weight is 482 g/mol. The van der Waals surface area contributed by atoms with Crippen LogP contribution < -0.4 is 10.6 Å². The van der Waals surface area contributed by atoms with Gasteiger partial charge in [0, 0.05) is 18.2 Å². The van der Waals surface area contributed by atoms with Gasteiger partial charge in [-0.3, -0.25) is 4.79 Å². The second-order valence-electron chi connectivity index (χ2n) is 6.90. The smallest absolute Gasteiger partial charge is 0.416 e. The number of aromatic hydroxyl groups is 1. The van der Waals surface area contributed by atoms with E-state index >= 15 is 0 Å². The van der Waals surface area contributed by atoms with E-state index in [-0.39, 0.29) is 35.3 Å². The first kappa shape index (κ1) is 24.6. The Balaban J connectivity index is 1.84. The lowest BCUT2D eigenvalue weighted by Crippen LogP contribution is -2.31. The molecule has 1 amide bonds. The molecule has 0 saturated heterocycles. The van der Waals surface area contributed by atoms with Crippen molar-refractivity contribution in [3.05, 3.63) is 89.0 Å². The molecule has 3 aromatic rings. The van der Waals surface area contributed by atoms with Crippen LogP contribution in [0.1, 0.15) is 27.0 Å². The minimum absolute atomic E-state index is 0.0514. The number of carbonyl (C=O) groups excluding carboxylic acids is 1. The predicted octanol–water partition coefficient (Wildman–Crippen LogP) is 5.22. The molecule has 0 aliphatic rings. The zero-order chi connectivity index (χ0) is 24.9. The van der Waals surface area contributed by atoms with E-state index in [2.05, 4.69) is 20.6 Å². The molecule has 3 rings (SSSR count). The monoisotopic (exact) mass is 482 g/mol. The number of hydrogen-bond donors (Lipinski definition) is 3. The van der Waals surface area contributed by atoms with Crippen molar-refractivity contribution in [3.8, 4) is 5.88 Å². The number of carbonyl (C=O) groups is 1. The Morgan fingerprint density at radius 1 is 0.882 bits per heavy atom. The summed E-state index contributed by atoms with van der Waals surface area (Å²) in [6, 6.07) is 11.9. The second kappa shape index (κ2) is 9.81. The lowest BCUT2D eigenvalue weighted by atomic mass is 10.1. The van der Waals surface area contributed by atoms with E-state index in [1.807, 2.05) is 0 Å². The van der Waals surface area contributed by atoms with Gasteiger partial charge in [-0.2, -0.15) is 36.3 Å². The van der Waals surface area contributed by atoms with E-state index in [9.17, 15) is 36.2 Å². The number of amides is 1. The molecule has 0 atom stereocenters. The zero-order valence-electron chi connectivity index (χ0n) is 17.1. The first-order valence-electron chi connectivity index (χ1n) is 9.55. The van der Waals surface area contributed by atoms with E-state index in [4.69, 9.17) is 0 Å². The summed E-state index contributed by atoms with van der Waals surface area (Å²) in [6.45, 7) is -0.186. The average Bonchev–Trinajstić information content (AvgIpc) is 2.76. The third-order valence-electron chi connectivity index (χ3n) is 4.37. The fraction of sp³-hybridized carbons (Fsp3) is 0.136. The molecule has 12 heteroatoms. The van der Waals surface area contributed by atoms with Crippen molar-refractivity contribution in [2.75, 3.05) is 5.32 Å². The summed E-state index contributed by atoms with van der Waals surface area (Å²) >= 11 is 0. The van der Waals surface area contributed by atoms with E-state index in [1.165, 1.54) is 30.3 Å². The molecule has 0 saturated carbocycles. The van der Waals surface area contributed by atoms with Crippen LogP contribution in [0.15, 0.2) is 71.7 Å². The van der Waals surface area contributed by atoms with Gasteiger partial charge < -0.3 is 15.7 Å². The van der Waals surface area contributed by atoms with Gasteiger partial charge in [0.25, 0.3) is 5.91 Å². The standard InChI is InChI=1S/C22H16F6N4O2/c23-21(24,25)15-9-7-14(8-10-15)19(34)32-20(31-17-5-2-6-18(33)30-17)29-12-13-3-1-4-16(11-13)22(26,27)28/h1-11H,12H2,(H3,29,30,31,32,33,34). The molecular formula is C22H16F6N4O2. The quantitative estimate of drug-likeness (QED) is 0.270. The summed E-state index contributed by atoms with van der Waals surface area (Å²) in [5.41, 5.74) is -1.75. The molecule has 0 unspecified atom stereocenters. The van der Waals surface area contributed by atoms with Crippen LogP contribution in [0.2, 0.25) is 0 Å². The molecule has 0 spiro atoms. The van der Waals surface area contributed by atoms with Gasteiger partial charge >= 0.3 is 12.4 Å². The number of aliphatic imine (C=N–C) groups is 1. The minimum atomic E-state index is -4.58. The number of anilines is 1. The number of nitrogens with zero attached hydrogens (tertiary/aromatic N) is 2. The highest BCUT2D eigenvalue weighted by Crippen LogP contribution is 2.30. The van der Waals surface area contributed by atoms with Crippen molar-refractivity contribution in [1.29, 1.82) is 0 Å². The van der Waals surface area contributed by atoms with Crippen molar-refractivity contribution >= 4 is 17.7 Å². The fourth-order valence-electron chi connectivity index (χ4n) is 2.74. The summed E-state index contributed by atoms with van der Waals surface area (Å²) in [5, 5.41) is 14.8. The number of benzene rings is 2. The third-order valence-corrected chi connectivity index (χ3v) is 4.37. The van der Waals surface area contributed by atoms with Crippen molar-refractivity contribution in [1.82, 2.24) is 10.3 Å². The van der Waals surface area contributed by atoms with Gasteiger partial charge in [-0.05, 0) is 48.0 Å². The Morgan fingerprint density at radius 3 is 2.15 bits per heavy atom. The Morgan fingerprint density at radius 2 is 1.53 bits per heavy atom. The Kier molecular flexibility index (Phi) is 7.08. The highest BCUT2D eigenvalue weighted by Gasteiger charge is 2.31. The Labute approximate surface area is 189 Å². The van der Waals surface area contributed by atoms with Crippen LogP contribution >= 0.6 is 0 Å². The van der Waals surface area contributed by atoms with Crippen molar-refractivity contribution in [2.45, 2.75) is 18.9 Å². The number of alkyl halides is 6. The number of halogens is 6. The molecule has 0 fully saturated rings. The first-order valence-corrected chi connectivity index (χ1v) is 9.55. The summed E-state index contributed by atoms with van der Waals surface area (Å²) < 4.78 is 77.1. The molecule has 1 heterocycles. The van der Waals surface area contributed by atoms with E-state index in [1.54, 1.807) is 0 Å². The summed E-state index contributed by atoms with van der Waals surface area (Å²) in [5.74, 6) is -1.47. The Bertz CT molecular complexity index is 1190. The van der Waals surface area contributed by atoms with Gasteiger partial charge in [-0.25, -0.2) is 0 Å². The number of aromatic nitrogens is 1. The van der Waals surface area contributed by atoms with Crippen LogP contribution in [-0.4, -0.2) is 22.0 Å².